The second kappa shape index (κ2) is 29.8. The van der Waals surface area contributed by atoms with Crippen molar-refractivity contribution in [1.82, 2.24) is 10.6 Å². The minimum absolute atomic E-state index is 0.908. The van der Waals surface area contributed by atoms with Gasteiger partial charge >= 0.3 is 0 Å². The molecule has 0 aliphatic rings. The highest BCUT2D eigenvalue weighted by atomic mass is 15.0. The van der Waals surface area contributed by atoms with Crippen LogP contribution in [0.25, 0.3) is 0 Å². The van der Waals surface area contributed by atoms with Gasteiger partial charge in [-0.1, -0.05) is 68.5 Å². The second-order valence-corrected chi connectivity index (χ2v) is 2.81. The van der Waals surface area contributed by atoms with Gasteiger partial charge in [0.25, 0.3) is 0 Å². The van der Waals surface area contributed by atoms with Crippen molar-refractivity contribution in [2.45, 2.75) is 68.2 Å². The van der Waals surface area contributed by atoms with E-state index in [4.69, 9.17) is 0 Å². The van der Waals surface area contributed by atoms with Crippen molar-refractivity contribution < 1.29 is 0 Å². The monoisotopic (exact) mass is 258 g/mol. The molecule has 2 heteroatoms. The number of hydrogen-bond acceptors (Lipinski definition) is 2. The van der Waals surface area contributed by atoms with Crippen molar-refractivity contribution in [1.29, 1.82) is 0 Å². The molecule has 0 radical (unpaired) electrons. The molecule has 0 rings (SSSR count). The van der Waals surface area contributed by atoms with Crippen molar-refractivity contribution in [3.05, 3.63) is 24.6 Å². The molecule has 2 N–H and O–H groups in total. The topological polar surface area (TPSA) is 24.1 Å². The van der Waals surface area contributed by atoms with Crippen molar-refractivity contribution >= 4 is 0 Å². The van der Waals surface area contributed by atoms with Crippen molar-refractivity contribution in [2.24, 2.45) is 0 Å². The van der Waals surface area contributed by atoms with Crippen LogP contribution in [-0.4, -0.2) is 13.1 Å². The third-order valence-corrected chi connectivity index (χ3v) is 1.54. The molecule has 0 spiro atoms. The average molecular weight is 258 g/mol. The summed E-state index contributed by atoms with van der Waals surface area (Å²) in [5.74, 6) is 0. The van der Waals surface area contributed by atoms with Gasteiger partial charge in [0.1, 0.15) is 0 Å². The van der Waals surface area contributed by atoms with Crippen molar-refractivity contribution in [2.75, 3.05) is 13.1 Å². The molecule has 0 saturated heterocycles. The Balaban J connectivity index is -0.000000141. The lowest BCUT2D eigenvalue weighted by atomic mass is 10.3. The van der Waals surface area contributed by atoms with E-state index < -0.39 is 0 Å². The predicted octanol–water partition coefficient (Wildman–Crippen LogP) is 5.09. The molecule has 2 nitrogen and oxygen atoms in total. The Morgan fingerprint density at radius 2 is 0.889 bits per heavy atom. The first-order valence-corrected chi connectivity index (χ1v) is 7.58. The first kappa shape index (κ1) is 25.8. The standard InChI is InChI=1S/C10H20N2.3C2H6/c1-5-7-11-9(3)10(4)12-8-6-2;3*1-2/h11-12H,3-8H2,1-2H3;3*1-2H3. The van der Waals surface area contributed by atoms with E-state index in [0.29, 0.717) is 0 Å². The lowest BCUT2D eigenvalue weighted by molar-refractivity contribution is 0.725. The van der Waals surface area contributed by atoms with Crippen LogP contribution in [0.5, 0.6) is 0 Å². The molecule has 0 aromatic carbocycles. The molecule has 0 aromatic rings. The molecule has 112 valence electrons. The van der Waals surface area contributed by atoms with Crippen LogP contribution >= 0.6 is 0 Å². The zero-order valence-corrected chi connectivity index (χ0v) is 14.2. The molecule has 0 aliphatic heterocycles. The average Bonchev–Trinajstić information content (AvgIpc) is 2.48. The summed E-state index contributed by atoms with van der Waals surface area (Å²) >= 11 is 0. The summed E-state index contributed by atoms with van der Waals surface area (Å²) in [6.45, 7) is 25.9. The molecular weight excluding hydrogens is 220 g/mol. The SMILES string of the molecule is C=C(NCCC)C(=C)NCCC.CC.CC.CC. The van der Waals surface area contributed by atoms with Crippen molar-refractivity contribution in [3.8, 4) is 0 Å². The Morgan fingerprint density at radius 1 is 0.667 bits per heavy atom. The fourth-order valence-corrected chi connectivity index (χ4v) is 0.765. The summed E-state index contributed by atoms with van der Waals surface area (Å²) in [7, 11) is 0. The van der Waals surface area contributed by atoms with E-state index in [0.717, 1.165) is 37.3 Å². The van der Waals surface area contributed by atoms with Crippen LogP contribution in [0.3, 0.4) is 0 Å². The van der Waals surface area contributed by atoms with Crippen LogP contribution in [-0.2, 0) is 0 Å². The van der Waals surface area contributed by atoms with Gasteiger partial charge in [-0.25, -0.2) is 0 Å². The first-order chi connectivity index (χ1) is 8.72. The predicted molar refractivity (Wildman–Crippen MR) is 88.9 cm³/mol. The molecule has 0 saturated carbocycles. The summed E-state index contributed by atoms with van der Waals surface area (Å²) in [5, 5.41) is 6.37. The third kappa shape index (κ3) is 24.4. The van der Waals surface area contributed by atoms with Gasteiger partial charge in [-0.05, 0) is 12.8 Å². The van der Waals surface area contributed by atoms with Gasteiger partial charge < -0.3 is 10.6 Å². The molecule has 0 bridgehead atoms. The summed E-state index contributed by atoms with van der Waals surface area (Å²) in [6.07, 6.45) is 2.22. The van der Waals surface area contributed by atoms with Gasteiger partial charge in [0.15, 0.2) is 0 Å². The van der Waals surface area contributed by atoms with E-state index in [1.807, 2.05) is 41.5 Å². The van der Waals surface area contributed by atoms with Crippen LogP contribution in [0.15, 0.2) is 24.6 Å². The minimum atomic E-state index is 0.908. The Labute approximate surface area is 117 Å². The van der Waals surface area contributed by atoms with Gasteiger partial charge in [0.05, 0.1) is 0 Å². The van der Waals surface area contributed by atoms with E-state index in [1.165, 1.54) is 0 Å². The van der Waals surface area contributed by atoms with E-state index in [1.54, 1.807) is 0 Å². The molecule has 0 amide bonds. The highest BCUT2D eigenvalue weighted by Crippen LogP contribution is 1.96. The van der Waals surface area contributed by atoms with Crippen LogP contribution in [0.2, 0.25) is 0 Å². The molecule has 0 aliphatic carbocycles. The zero-order chi connectivity index (χ0) is 15.4. The highest BCUT2D eigenvalue weighted by molar-refractivity contribution is 5.21. The maximum Gasteiger partial charge on any atom is 0.0496 e. The van der Waals surface area contributed by atoms with E-state index in [9.17, 15) is 0 Å². The lowest BCUT2D eigenvalue weighted by Crippen LogP contribution is -2.23. The Kier molecular flexibility index (Phi) is 42.7. The summed E-state index contributed by atoms with van der Waals surface area (Å²) in [4.78, 5) is 0. The highest BCUT2D eigenvalue weighted by Gasteiger charge is 1.95. The zero-order valence-electron chi connectivity index (χ0n) is 14.2. The van der Waals surface area contributed by atoms with E-state index in [2.05, 4.69) is 37.6 Å². The normalized spacial score (nSPS) is 7.11. The molecule has 0 aromatic heterocycles. The Bertz CT molecular complexity index is 133. The minimum Gasteiger partial charge on any atom is -0.384 e. The van der Waals surface area contributed by atoms with Gasteiger partial charge in [-0.3, -0.25) is 0 Å². The van der Waals surface area contributed by atoms with E-state index >= 15 is 0 Å². The third-order valence-electron chi connectivity index (χ3n) is 1.54. The maximum absolute atomic E-state index is 3.87. The van der Waals surface area contributed by atoms with Crippen LogP contribution in [0.1, 0.15) is 68.2 Å². The molecular formula is C16H38N2. The van der Waals surface area contributed by atoms with Gasteiger partial charge in [0, 0.05) is 24.5 Å². The number of nitrogens with one attached hydrogen (secondary N) is 2. The van der Waals surface area contributed by atoms with Gasteiger partial charge in [-0.2, -0.15) is 0 Å². The summed E-state index contributed by atoms with van der Waals surface area (Å²) < 4.78 is 0. The molecule has 0 fully saturated rings. The second-order valence-electron chi connectivity index (χ2n) is 2.81. The van der Waals surface area contributed by atoms with Crippen LogP contribution in [0, 0.1) is 0 Å². The number of rotatable bonds is 7. The fourth-order valence-electron chi connectivity index (χ4n) is 0.765. The molecule has 18 heavy (non-hydrogen) atoms. The maximum atomic E-state index is 3.87. The largest absolute Gasteiger partial charge is 0.384 e. The van der Waals surface area contributed by atoms with Gasteiger partial charge in [-0.15, -0.1) is 0 Å². The summed E-state index contributed by atoms with van der Waals surface area (Å²) in [5.41, 5.74) is 1.82. The fraction of sp³-hybridized carbons (Fsp3) is 0.750. The lowest BCUT2D eigenvalue weighted by Gasteiger charge is -2.12. The van der Waals surface area contributed by atoms with Crippen LogP contribution in [0.4, 0.5) is 0 Å². The Morgan fingerprint density at radius 3 is 1.06 bits per heavy atom. The summed E-state index contributed by atoms with van der Waals surface area (Å²) in [6, 6.07) is 0. The quantitative estimate of drug-likeness (QED) is 0.621. The van der Waals surface area contributed by atoms with Crippen LogP contribution < -0.4 is 10.6 Å². The van der Waals surface area contributed by atoms with E-state index in [-0.39, 0.29) is 0 Å². The first-order valence-electron chi connectivity index (χ1n) is 7.58. The van der Waals surface area contributed by atoms with Gasteiger partial charge in [0.2, 0.25) is 0 Å². The molecule has 0 atom stereocenters. The molecule has 0 heterocycles. The molecule has 0 unspecified atom stereocenters. The number of hydrogen-bond donors (Lipinski definition) is 2. The Hall–Kier alpha value is -0.920. The smallest absolute Gasteiger partial charge is 0.0496 e. The van der Waals surface area contributed by atoms with Crippen molar-refractivity contribution in [3.63, 3.8) is 0 Å².